The summed E-state index contributed by atoms with van der Waals surface area (Å²) in [6.07, 6.45) is 3.75. The van der Waals surface area contributed by atoms with E-state index in [4.69, 9.17) is 11.6 Å². The van der Waals surface area contributed by atoms with Gasteiger partial charge in [-0.05, 0) is 37.8 Å². The number of hydrogen-bond acceptors (Lipinski definition) is 5. The molecule has 3 rings (SSSR count). The number of pyridine rings is 1. The monoisotopic (exact) mass is 342 g/mol. The van der Waals surface area contributed by atoms with Crippen LogP contribution in [-0.4, -0.2) is 25.1 Å². The summed E-state index contributed by atoms with van der Waals surface area (Å²) in [6.45, 7) is 0. The minimum absolute atomic E-state index is 0.0385. The van der Waals surface area contributed by atoms with Crippen LogP contribution in [0, 0.1) is 17.8 Å². The molecule has 1 aromatic rings. The van der Waals surface area contributed by atoms with Crippen molar-refractivity contribution in [1.82, 2.24) is 9.71 Å². The van der Waals surface area contributed by atoms with Crippen molar-refractivity contribution in [3.8, 4) is 0 Å². The number of halogens is 1. The normalized spacial score (nSPS) is 27.7. The molecule has 2 bridgehead atoms. The van der Waals surface area contributed by atoms with Crippen molar-refractivity contribution in [1.29, 1.82) is 0 Å². The fourth-order valence-corrected chi connectivity index (χ4v) is 4.61. The fraction of sp³-hybridized carbons (Fsp3) is 0.500. The molecule has 22 heavy (non-hydrogen) atoms. The largest absolute Gasteiger partial charge is 0.299 e. The van der Waals surface area contributed by atoms with E-state index in [-0.39, 0.29) is 27.7 Å². The predicted octanol–water partition coefficient (Wildman–Crippen LogP) is 1.55. The number of aromatic nitrogens is 1. The third-order valence-electron chi connectivity index (χ3n) is 4.42. The quantitative estimate of drug-likeness (QED) is 0.841. The summed E-state index contributed by atoms with van der Waals surface area (Å²) >= 11 is 5.67. The standard InChI is InChI=1S/C14H15ClN2O4S/c15-12-7-11(3-4-16-12)22(20,21)17-14(19)10-5-8-1-2-9(6-10)13(8)18/h3-4,7-10H,1-2,5-6H2,(H,17,19)/t8-,9+,10?. The zero-order chi connectivity index (χ0) is 15.9. The van der Waals surface area contributed by atoms with Gasteiger partial charge in [0.05, 0.1) is 4.90 Å². The number of carbonyl (C=O) groups excluding carboxylic acids is 2. The molecule has 0 radical (unpaired) electrons. The Morgan fingerprint density at radius 2 is 1.91 bits per heavy atom. The number of hydrogen-bond donors (Lipinski definition) is 1. The molecule has 6 nitrogen and oxygen atoms in total. The molecule has 1 aromatic heterocycles. The van der Waals surface area contributed by atoms with Gasteiger partial charge in [-0.25, -0.2) is 18.1 Å². The highest BCUT2D eigenvalue weighted by atomic mass is 35.5. The molecule has 1 unspecified atom stereocenters. The number of nitrogens with zero attached hydrogens (tertiary/aromatic N) is 1. The average Bonchev–Trinajstić information content (AvgIpc) is 2.69. The maximum Gasteiger partial charge on any atom is 0.264 e. The molecule has 2 saturated carbocycles. The van der Waals surface area contributed by atoms with Crippen molar-refractivity contribution in [2.75, 3.05) is 0 Å². The summed E-state index contributed by atoms with van der Waals surface area (Å²) in [4.78, 5) is 27.7. The maximum absolute atomic E-state index is 12.2. The van der Waals surface area contributed by atoms with Crippen LogP contribution in [0.2, 0.25) is 5.15 Å². The minimum atomic E-state index is -3.97. The van der Waals surface area contributed by atoms with Crippen molar-refractivity contribution < 1.29 is 18.0 Å². The lowest BCUT2D eigenvalue weighted by Gasteiger charge is -2.25. The van der Waals surface area contributed by atoms with Gasteiger partial charge < -0.3 is 0 Å². The highest BCUT2D eigenvalue weighted by molar-refractivity contribution is 7.90. The molecule has 0 spiro atoms. The second-order valence-electron chi connectivity index (χ2n) is 5.83. The summed E-state index contributed by atoms with van der Waals surface area (Å²) in [5.74, 6) is -0.924. The molecule has 1 heterocycles. The molecule has 118 valence electrons. The third-order valence-corrected chi connectivity index (χ3v) is 5.97. The van der Waals surface area contributed by atoms with Gasteiger partial charge in [0.25, 0.3) is 10.0 Å². The summed E-state index contributed by atoms with van der Waals surface area (Å²) in [5, 5.41) is 0.0385. The van der Waals surface area contributed by atoms with Crippen LogP contribution in [-0.2, 0) is 19.6 Å². The molecular formula is C14H15ClN2O4S. The van der Waals surface area contributed by atoms with Crippen LogP contribution >= 0.6 is 11.6 Å². The van der Waals surface area contributed by atoms with E-state index in [1.165, 1.54) is 18.3 Å². The molecule has 0 saturated heterocycles. The lowest BCUT2D eigenvalue weighted by molar-refractivity contribution is -0.131. The number of nitrogens with one attached hydrogen (secondary N) is 1. The van der Waals surface area contributed by atoms with Gasteiger partial charge in [0.1, 0.15) is 10.9 Å². The van der Waals surface area contributed by atoms with Crippen molar-refractivity contribution in [3.63, 3.8) is 0 Å². The summed E-state index contributed by atoms with van der Waals surface area (Å²) in [7, 11) is -3.97. The Kier molecular flexibility index (Phi) is 3.94. The lowest BCUT2D eigenvalue weighted by Crippen LogP contribution is -2.40. The van der Waals surface area contributed by atoms with E-state index in [0.717, 1.165) is 12.8 Å². The molecule has 0 aromatic carbocycles. The Bertz CT molecular complexity index is 718. The van der Waals surface area contributed by atoms with Gasteiger partial charge in [-0.1, -0.05) is 11.6 Å². The Hall–Kier alpha value is -1.47. The van der Waals surface area contributed by atoms with Crippen LogP contribution < -0.4 is 4.72 Å². The maximum atomic E-state index is 12.2. The number of ketones is 1. The number of amides is 1. The van der Waals surface area contributed by atoms with Gasteiger partial charge in [-0.15, -0.1) is 0 Å². The van der Waals surface area contributed by atoms with Crippen molar-refractivity contribution in [3.05, 3.63) is 23.5 Å². The van der Waals surface area contributed by atoms with Crippen molar-refractivity contribution >= 4 is 33.3 Å². The van der Waals surface area contributed by atoms with Gasteiger partial charge in [-0.2, -0.15) is 0 Å². The number of fused-ring (bicyclic) bond motifs is 2. The van der Waals surface area contributed by atoms with Crippen molar-refractivity contribution in [2.45, 2.75) is 30.6 Å². The predicted molar refractivity (Wildman–Crippen MR) is 78.5 cm³/mol. The summed E-state index contributed by atoms with van der Waals surface area (Å²) < 4.78 is 26.5. The van der Waals surface area contributed by atoms with E-state index in [2.05, 4.69) is 9.71 Å². The van der Waals surface area contributed by atoms with Crippen LogP contribution in [0.15, 0.2) is 23.2 Å². The average molecular weight is 343 g/mol. The topological polar surface area (TPSA) is 93.2 Å². The second kappa shape index (κ2) is 5.62. The second-order valence-corrected chi connectivity index (χ2v) is 7.90. The SMILES string of the molecule is O=C(NS(=O)(=O)c1ccnc(Cl)c1)C1C[C@H]2CC[C@@H](C1)C2=O. The number of carbonyl (C=O) groups is 2. The molecule has 1 N–H and O–H groups in total. The Balaban J connectivity index is 1.73. The fourth-order valence-electron chi connectivity index (χ4n) is 3.31. The zero-order valence-electron chi connectivity index (χ0n) is 11.7. The molecule has 3 atom stereocenters. The Labute approximate surface area is 133 Å². The van der Waals surface area contributed by atoms with E-state index in [1.54, 1.807) is 0 Å². The minimum Gasteiger partial charge on any atom is -0.299 e. The first-order valence-electron chi connectivity index (χ1n) is 7.09. The number of rotatable bonds is 3. The highest BCUT2D eigenvalue weighted by Gasteiger charge is 2.44. The number of sulfonamides is 1. The van der Waals surface area contributed by atoms with Crippen LogP contribution in [0.25, 0.3) is 0 Å². The summed E-state index contributed by atoms with van der Waals surface area (Å²) in [5.41, 5.74) is 0. The summed E-state index contributed by atoms with van der Waals surface area (Å²) in [6, 6.07) is 2.46. The van der Waals surface area contributed by atoms with E-state index in [0.29, 0.717) is 12.8 Å². The molecular weight excluding hydrogens is 328 g/mol. The van der Waals surface area contributed by atoms with Gasteiger partial charge in [-0.3, -0.25) is 9.59 Å². The zero-order valence-corrected chi connectivity index (χ0v) is 13.2. The third kappa shape index (κ3) is 2.87. The van der Waals surface area contributed by atoms with E-state index in [9.17, 15) is 18.0 Å². The smallest absolute Gasteiger partial charge is 0.264 e. The number of Topliss-reactive ketones (excluding diaryl/α,β-unsaturated/α-hetero) is 1. The first kappa shape index (κ1) is 15.4. The van der Waals surface area contributed by atoms with Gasteiger partial charge >= 0.3 is 0 Å². The molecule has 0 aliphatic heterocycles. The van der Waals surface area contributed by atoms with Crippen molar-refractivity contribution in [2.24, 2.45) is 17.8 Å². The van der Waals surface area contributed by atoms with Crippen LogP contribution in [0.4, 0.5) is 0 Å². The van der Waals surface area contributed by atoms with Gasteiger partial charge in [0, 0.05) is 24.0 Å². The Morgan fingerprint density at radius 1 is 1.27 bits per heavy atom. The van der Waals surface area contributed by atoms with E-state index >= 15 is 0 Å². The molecule has 1 amide bonds. The van der Waals surface area contributed by atoms with Gasteiger partial charge in [0.2, 0.25) is 5.91 Å². The lowest BCUT2D eigenvalue weighted by atomic mass is 9.80. The Morgan fingerprint density at radius 3 is 2.50 bits per heavy atom. The first-order valence-corrected chi connectivity index (χ1v) is 8.95. The molecule has 2 aliphatic carbocycles. The van der Waals surface area contributed by atoms with E-state index < -0.39 is 21.8 Å². The van der Waals surface area contributed by atoms with Crippen LogP contribution in [0.5, 0.6) is 0 Å². The first-order chi connectivity index (χ1) is 10.4. The molecule has 2 aliphatic rings. The van der Waals surface area contributed by atoms with E-state index in [1.807, 2.05) is 0 Å². The van der Waals surface area contributed by atoms with Gasteiger partial charge in [0.15, 0.2) is 0 Å². The molecule has 2 fully saturated rings. The van der Waals surface area contributed by atoms with Crippen LogP contribution in [0.1, 0.15) is 25.7 Å². The van der Waals surface area contributed by atoms with Crippen LogP contribution in [0.3, 0.4) is 0 Å². The molecule has 8 heteroatoms. The highest BCUT2D eigenvalue weighted by Crippen LogP contribution is 2.42.